The van der Waals surface area contributed by atoms with Gasteiger partial charge in [0.1, 0.15) is 5.75 Å². The van der Waals surface area contributed by atoms with Crippen molar-refractivity contribution >= 4 is 5.78 Å². The minimum Gasteiger partial charge on any atom is -0.406 e. The Morgan fingerprint density at radius 2 is 2.20 bits per heavy atom. The molecule has 6 heteroatoms. The van der Waals surface area contributed by atoms with E-state index in [1.54, 1.807) is 0 Å². The van der Waals surface area contributed by atoms with Gasteiger partial charge in [0.05, 0.1) is 5.54 Å². The highest BCUT2D eigenvalue weighted by molar-refractivity contribution is 6.03. The number of hydrogen-bond acceptors (Lipinski definition) is 3. The maximum atomic E-state index is 12.5. The average Bonchev–Trinajstić information content (AvgIpc) is 2.86. The Bertz CT molecular complexity index is 493. The zero-order valence-corrected chi connectivity index (χ0v) is 11.1. The van der Waals surface area contributed by atoms with Crippen LogP contribution in [0.25, 0.3) is 0 Å². The van der Waals surface area contributed by atoms with E-state index in [1.165, 1.54) is 18.2 Å². The van der Waals surface area contributed by atoms with Gasteiger partial charge in [0, 0.05) is 5.56 Å². The van der Waals surface area contributed by atoms with Crippen LogP contribution >= 0.6 is 0 Å². The first-order valence-corrected chi connectivity index (χ1v) is 6.52. The SMILES string of the molecule is CCC1(C(=O)c2cccc(OC(F)(F)F)c2)CCCN1. The van der Waals surface area contributed by atoms with Crippen LogP contribution in [0.5, 0.6) is 5.75 Å². The quantitative estimate of drug-likeness (QED) is 0.863. The molecule has 2 rings (SSSR count). The molecule has 1 N–H and O–H groups in total. The Morgan fingerprint density at radius 1 is 1.45 bits per heavy atom. The summed E-state index contributed by atoms with van der Waals surface area (Å²) in [6, 6.07) is 5.24. The number of ether oxygens (including phenoxy) is 1. The van der Waals surface area contributed by atoms with Gasteiger partial charge in [-0.15, -0.1) is 13.2 Å². The van der Waals surface area contributed by atoms with Crippen LogP contribution in [-0.2, 0) is 0 Å². The first-order valence-electron chi connectivity index (χ1n) is 6.52. The molecule has 1 saturated heterocycles. The molecular weight excluding hydrogens is 271 g/mol. The number of ketones is 1. The van der Waals surface area contributed by atoms with Gasteiger partial charge < -0.3 is 10.1 Å². The highest BCUT2D eigenvalue weighted by atomic mass is 19.4. The van der Waals surface area contributed by atoms with Crippen LogP contribution in [0.3, 0.4) is 0 Å². The maximum Gasteiger partial charge on any atom is 0.573 e. The second-order valence-corrected chi connectivity index (χ2v) is 4.87. The lowest BCUT2D eigenvalue weighted by atomic mass is 9.85. The van der Waals surface area contributed by atoms with Crippen molar-refractivity contribution in [3.63, 3.8) is 0 Å². The molecule has 0 radical (unpaired) electrons. The van der Waals surface area contributed by atoms with Gasteiger partial charge in [0.25, 0.3) is 0 Å². The summed E-state index contributed by atoms with van der Waals surface area (Å²) in [6.07, 6.45) is -2.56. The summed E-state index contributed by atoms with van der Waals surface area (Å²) >= 11 is 0. The molecule has 1 aliphatic heterocycles. The van der Waals surface area contributed by atoms with Crippen LogP contribution in [-0.4, -0.2) is 24.2 Å². The molecule has 1 unspecified atom stereocenters. The topological polar surface area (TPSA) is 38.3 Å². The number of carbonyl (C=O) groups excluding carboxylic acids is 1. The van der Waals surface area contributed by atoms with Gasteiger partial charge >= 0.3 is 6.36 Å². The number of rotatable bonds is 4. The smallest absolute Gasteiger partial charge is 0.406 e. The van der Waals surface area contributed by atoms with Crippen molar-refractivity contribution in [3.05, 3.63) is 29.8 Å². The first kappa shape index (κ1) is 14.8. The number of alkyl halides is 3. The molecule has 0 bridgehead atoms. The van der Waals surface area contributed by atoms with E-state index in [9.17, 15) is 18.0 Å². The summed E-state index contributed by atoms with van der Waals surface area (Å²) in [7, 11) is 0. The van der Waals surface area contributed by atoms with Crippen molar-refractivity contribution in [1.82, 2.24) is 5.32 Å². The molecule has 1 fully saturated rings. The summed E-state index contributed by atoms with van der Waals surface area (Å²) in [5.41, 5.74) is -0.417. The van der Waals surface area contributed by atoms with Crippen molar-refractivity contribution < 1.29 is 22.7 Å². The molecule has 20 heavy (non-hydrogen) atoms. The van der Waals surface area contributed by atoms with Crippen molar-refractivity contribution in [3.8, 4) is 5.75 Å². The minimum atomic E-state index is -4.75. The molecule has 0 aliphatic carbocycles. The van der Waals surface area contributed by atoms with E-state index in [4.69, 9.17) is 0 Å². The fraction of sp³-hybridized carbons (Fsp3) is 0.500. The summed E-state index contributed by atoms with van der Waals surface area (Å²) in [6.45, 7) is 2.64. The summed E-state index contributed by atoms with van der Waals surface area (Å²) in [4.78, 5) is 12.5. The summed E-state index contributed by atoms with van der Waals surface area (Å²) in [5, 5.41) is 3.17. The normalized spacial score (nSPS) is 22.8. The second kappa shape index (κ2) is 5.44. The van der Waals surface area contributed by atoms with Crippen LogP contribution in [0.15, 0.2) is 24.3 Å². The molecular formula is C14H16F3NO2. The molecule has 1 aromatic rings. The van der Waals surface area contributed by atoms with Gasteiger partial charge in [0.15, 0.2) is 5.78 Å². The molecule has 1 heterocycles. The zero-order valence-electron chi connectivity index (χ0n) is 11.1. The van der Waals surface area contributed by atoms with Gasteiger partial charge in [-0.1, -0.05) is 19.1 Å². The third kappa shape index (κ3) is 3.12. The maximum absolute atomic E-state index is 12.5. The van der Waals surface area contributed by atoms with Gasteiger partial charge in [-0.2, -0.15) is 0 Å². The van der Waals surface area contributed by atoms with E-state index >= 15 is 0 Å². The largest absolute Gasteiger partial charge is 0.573 e. The van der Waals surface area contributed by atoms with E-state index < -0.39 is 11.9 Å². The Morgan fingerprint density at radius 3 is 2.75 bits per heavy atom. The number of Topliss-reactive ketones (excluding diaryl/α,β-unsaturated/α-hetero) is 1. The third-order valence-corrected chi connectivity index (χ3v) is 3.61. The summed E-state index contributed by atoms with van der Waals surface area (Å²) in [5.74, 6) is -0.544. The Kier molecular flexibility index (Phi) is 4.04. The Labute approximate surface area is 115 Å². The third-order valence-electron chi connectivity index (χ3n) is 3.61. The van der Waals surface area contributed by atoms with Crippen LogP contribution in [0.1, 0.15) is 36.5 Å². The molecule has 0 amide bonds. The molecule has 0 aromatic heterocycles. The highest BCUT2D eigenvalue weighted by Gasteiger charge is 2.39. The fourth-order valence-corrected chi connectivity index (χ4v) is 2.57. The van der Waals surface area contributed by atoms with Crippen LogP contribution in [0.2, 0.25) is 0 Å². The zero-order chi connectivity index (χ0) is 14.8. The molecule has 1 aromatic carbocycles. The van der Waals surface area contributed by atoms with Crippen LogP contribution in [0.4, 0.5) is 13.2 Å². The Hall–Kier alpha value is -1.56. The minimum absolute atomic E-state index is 0.176. The lowest BCUT2D eigenvalue weighted by Crippen LogP contribution is -2.47. The van der Waals surface area contributed by atoms with E-state index in [0.29, 0.717) is 12.8 Å². The van der Waals surface area contributed by atoms with Gasteiger partial charge in [-0.25, -0.2) is 0 Å². The van der Waals surface area contributed by atoms with Crippen molar-refractivity contribution in [1.29, 1.82) is 0 Å². The molecule has 0 spiro atoms. The molecule has 3 nitrogen and oxygen atoms in total. The van der Waals surface area contributed by atoms with Crippen molar-refractivity contribution in [2.75, 3.05) is 6.54 Å². The van der Waals surface area contributed by atoms with Crippen molar-refractivity contribution in [2.45, 2.75) is 38.1 Å². The molecule has 1 atom stereocenters. The predicted molar refractivity (Wildman–Crippen MR) is 67.7 cm³/mol. The number of nitrogens with one attached hydrogen (secondary N) is 1. The lowest BCUT2D eigenvalue weighted by Gasteiger charge is -2.26. The second-order valence-electron chi connectivity index (χ2n) is 4.87. The Balaban J connectivity index is 2.24. The number of benzene rings is 1. The fourth-order valence-electron chi connectivity index (χ4n) is 2.57. The highest BCUT2D eigenvalue weighted by Crippen LogP contribution is 2.29. The van der Waals surface area contributed by atoms with E-state index in [0.717, 1.165) is 19.0 Å². The standard InChI is InChI=1S/C14H16F3NO2/c1-2-13(7-4-8-18-13)12(19)10-5-3-6-11(9-10)20-14(15,16)17/h3,5-6,9,18H,2,4,7-8H2,1H3. The average molecular weight is 287 g/mol. The van der Waals surface area contributed by atoms with Crippen LogP contribution in [0, 0.1) is 0 Å². The van der Waals surface area contributed by atoms with Gasteiger partial charge in [0.2, 0.25) is 0 Å². The monoisotopic (exact) mass is 287 g/mol. The van der Waals surface area contributed by atoms with E-state index in [1.807, 2.05) is 6.92 Å². The van der Waals surface area contributed by atoms with E-state index in [2.05, 4.69) is 10.1 Å². The van der Waals surface area contributed by atoms with E-state index in [-0.39, 0.29) is 17.1 Å². The molecule has 1 aliphatic rings. The number of carbonyl (C=O) groups is 1. The predicted octanol–water partition coefficient (Wildman–Crippen LogP) is 3.30. The van der Waals surface area contributed by atoms with Crippen molar-refractivity contribution in [2.24, 2.45) is 0 Å². The molecule has 0 saturated carbocycles. The first-order chi connectivity index (χ1) is 9.36. The lowest BCUT2D eigenvalue weighted by molar-refractivity contribution is -0.274. The summed E-state index contributed by atoms with van der Waals surface area (Å²) < 4.78 is 40.4. The number of halogens is 3. The van der Waals surface area contributed by atoms with Crippen LogP contribution < -0.4 is 10.1 Å². The van der Waals surface area contributed by atoms with Gasteiger partial charge in [-0.05, 0) is 37.9 Å². The molecule has 110 valence electrons. The van der Waals surface area contributed by atoms with Gasteiger partial charge in [-0.3, -0.25) is 4.79 Å². The number of hydrogen-bond donors (Lipinski definition) is 1.